The molecule has 0 atom stereocenters. The van der Waals surface area contributed by atoms with Crippen molar-refractivity contribution in [2.45, 2.75) is 25.7 Å². The Morgan fingerprint density at radius 3 is 2.63 bits per heavy atom. The second-order valence-electron chi connectivity index (χ2n) is 4.89. The van der Waals surface area contributed by atoms with Gasteiger partial charge in [-0.3, -0.25) is 0 Å². The molecule has 0 unspecified atom stereocenters. The van der Waals surface area contributed by atoms with Gasteiger partial charge in [0.25, 0.3) is 0 Å². The van der Waals surface area contributed by atoms with E-state index in [2.05, 4.69) is 12.1 Å². The number of aromatic carboxylic acids is 1. The summed E-state index contributed by atoms with van der Waals surface area (Å²) in [6.45, 7) is 0. The van der Waals surface area contributed by atoms with Crippen LogP contribution in [0.5, 0.6) is 0 Å². The largest absolute Gasteiger partial charge is 0.477 e. The van der Waals surface area contributed by atoms with Gasteiger partial charge < -0.3 is 10.8 Å². The zero-order chi connectivity index (χ0) is 13.4. The standard InChI is InChI=1S/C15H15NO2S/c16-13-12(8-19-14(13)15(17)18)11-6-5-9-3-1-2-4-10(9)7-11/h5-8H,1-4,16H2,(H,17,18). The zero-order valence-electron chi connectivity index (χ0n) is 10.5. The summed E-state index contributed by atoms with van der Waals surface area (Å²) in [5.74, 6) is -0.952. The number of hydrogen-bond donors (Lipinski definition) is 2. The molecule has 0 radical (unpaired) electrons. The minimum Gasteiger partial charge on any atom is -0.477 e. The van der Waals surface area contributed by atoms with E-state index >= 15 is 0 Å². The molecular formula is C15H15NO2S. The second-order valence-corrected chi connectivity index (χ2v) is 5.77. The number of benzene rings is 1. The summed E-state index contributed by atoms with van der Waals surface area (Å²) < 4.78 is 0. The molecule has 1 aliphatic rings. The van der Waals surface area contributed by atoms with Crippen molar-refractivity contribution in [1.82, 2.24) is 0 Å². The van der Waals surface area contributed by atoms with Crippen LogP contribution < -0.4 is 5.73 Å². The van der Waals surface area contributed by atoms with Gasteiger partial charge in [-0.05, 0) is 42.4 Å². The van der Waals surface area contributed by atoms with Gasteiger partial charge in [-0.25, -0.2) is 4.79 Å². The first kappa shape index (κ1) is 12.2. The number of carboxylic acid groups (broad SMARTS) is 1. The third kappa shape index (κ3) is 2.12. The number of fused-ring (bicyclic) bond motifs is 1. The fourth-order valence-corrected chi connectivity index (χ4v) is 3.49. The van der Waals surface area contributed by atoms with Crippen LogP contribution in [0.2, 0.25) is 0 Å². The summed E-state index contributed by atoms with van der Waals surface area (Å²) >= 11 is 1.19. The molecule has 0 fully saturated rings. The van der Waals surface area contributed by atoms with Crippen LogP contribution in [0.15, 0.2) is 23.6 Å². The Kier molecular flexibility index (Phi) is 3.03. The van der Waals surface area contributed by atoms with Gasteiger partial charge in [0.05, 0.1) is 5.69 Å². The summed E-state index contributed by atoms with van der Waals surface area (Å²) in [6.07, 6.45) is 4.75. The van der Waals surface area contributed by atoms with Crippen molar-refractivity contribution in [2.24, 2.45) is 0 Å². The summed E-state index contributed by atoms with van der Waals surface area (Å²) in [6, 6.07) is 6.37. The first-order valence-corrected chi connectivity index (χ1v) is 7.27. The van der Waals surface area contributed by atoms with E-state index in [0.29, 0.717) is 5.69 Å². The van der Waals surface area contributed by atoms with E-state index in [9.17, 15) is 4.79 Å². The number of rotatable bonds is 2. The maximum Gasteiger partial charge on any atom is 0.348 e. The molecule has 1 aliphatic carbocycles. The summed E-state index contributed by atoms with van der Waals surface area (Å²) in [5.41, 5.74) is 11.0. The SMILES string of the molecule is Nc1c(-c2ccc3c(c2)CCCC3)csc1C(=O)O. The van der Waals surface area contributed by atoms with Crippen molar-refractivity contribution in [3.63, 3.8) is 0 Å². The fourth-order valence-electron chi connectivity index (χ4n) is 2.66. The molecule has 0 aliphatic heterocycles. The lowest BCUT2D eigenvalue weighted by molar-refractivity contribution is 0.0703. The highest BCUT2D eigenvalue weighted by Gasteiger charge is 2.17. The molecule has 3 N–H and O–H groups in total. The van der Waals surface area contributed by atoms with E-state index in [-0.39, 0.29) is 4.88 Å². The highest BCUT2D eigenvalue weighted by Crippen LogP contribution is 2.35. The molecule has 0 spiro atoms. The lowest BCUT2D eigenvalue weighted by atomic mass is 9.89. The van der Waals surface area contributed by atoms with Gasteiger partial charge in [0, 0.05) is 10.9 Å². The maximum atomic E-state index is 11.0. The molecule has 0 bridgehead atoms. The molecule has 1 heterocycles. The van der Waals surface area contributed by atoms with Crippen LogP contribution in [-0.4, -0.2) is 11.1 Å². The Labute approximate surface area is 115 Å². The Bertz CT molecular complexity index is 646. The second kappa shape index (κ2) is 4.70. The number of carbonyl (C=O) groups is 1. The third-order valence-corrected chi connectivity index (χ3v) is 4.67. The van der Waals surface area contributed by atoms with Gasteiger partial charge >= 0.3 is 5.97 Å². The predicted molar refractivity (Wildman–Crippen MR) is 77.8 cm³/mol. The smallest absolute Gasteiger partial charge is 0.348 e. The van der Waals surface area contributed by atoms with Crippen molar-refractivity contribution in [3.05, 3.63) is 39.6 Å². The lowest BCUT2D eigenvalue weighted by Gasteiger charge is -2.16. The Morgan fingerprint density at radius 2 is 1.95 bits per heavy atom. The number of anilines is 1. The maximum absolute atomic E-state index is 11.0. The van der Waals surface area contributed by atoms with Crippen molar-refractivity contribution in [2.75, 3.05) is 5.73 Å². The number of thiophene rings is 1. The number of nitrogen functional groups attached to an aromatic ring is 1. The first-order valence-electron chi connectivity index (χ1n) is 6.39. The molecule has 0 amide bonds. The summed E-state index contributed by atoms with van der Waals surface area (Å²) in [7, 11) is 0. The monoisotopic (exact) mass is 273 g/mol. The van der Waals surface area contributed by atoms with Gasteiger partial charge in [-0.15, -0.1) is 11.3 Å². The van der Waals surface area contributed by atoms with E-state index in [4.69, 9.17) is 10.8 Å². The zero-order valence-corrected chi connectivity index (χ0v) is 11.3. The van der Waals surface area contributed by atoms with E-state index in [1.54, 1.807) is 0 Å². The van der Waals surface area contributed by atoms with Crippen molar-refractivity contribution in [3.8, 4) is 11.1 Å². The van der Waals surface area contributed by atoms with Crippen molar-refractivity contribution in [1.29, 1.82) is 0 Å². The van der Waals surface area contributed by atoms with Gasteiger partial charge in [0.15, 0.2) is 0 Å². The number of hydrogen-bond acceptors (Lipinski definition) is 3. The van der Waals surface area contributed by atoms with Crippen molar-refractivity contribution >= 4 is 23.0 Å². The van der Waals surface area contributed by atoms with E-state index in [1.807, 2.05) is 11.4 Å². The van der Waals surface area contributed by atoms with Crippen molar-refractivity contribution < 1.29 is 9.90 Å². The quantitative estimate of drug-likeness (QED) is 0.879. The number of carboxylic acids is 1. The van der Waals surface area contributed by atoms with Crippen LogP contribution in [0.4, 0.5) is 5.69 Å². The minimum absolute atomic E-state index is 0.229. The third-order valence-electron chi connectivity index (χ3n) is 3.68. The van der Waals surface area contributed by atoms with Crippen LogP contribution in [-0.2, 0) is 12.8 Å². The number of nitrogens with two attached hydrogens (primary N) is 1. The van der Waals surface area contributed by atoms with Crippen LogP contribution in [0.1, 0.15) is 33.6 Å². The minimum atomic E-state index is -0.952. The molecule has 98 valence electrons. The number of aryl methyl sites for hydroxylation is 2. The predicted octanol–water partition coefficient (Wildman–Crippen LogP) is 3.57. The summed E-state index contributed by atoms with van der Waals surface area (Å²) in [4.78, 5) is 11.3. The van der Waals surface area contributed by atoms with Crippen LogP contribution in [0.25, 0.3) is 11.1 Å². The van der Waals surface area contributed by atoms with E-state index in [0.717, 1.165) is 24.0 Å². The molecule has 2 aromatic rings. The molecule has 0 saturated heterocycles. The molecule has 3 nitrogen and oxygen atoms in total. The molecule has 1 aromatic heterocycles. The van der Waals surface area contributed by atoms with Gasteiger partial charge in [-0.2, -0.15) is 0 Å². The average molecular weight is 273 g/mol. The molecule has 19 heavy (non-hydrogen) atoms. The average Bonchev–Trinajstić information content (AvgIpc) is 2.80. The van der Waals surface area contributed by atoms with Gasteiger partial charge in [0.2, 0.25) is 0 Å². The van der Waals surface area contributed by atoms with Gasteiger partial charge in [0.1, 0.15) is 4.88 Å². The summed E-state index contributed by atoms with van der Waals surface area (Å²) in [5, 5.41) is 10.9. The highest BCUT2D eigenvalue weighted by molar-refractivity contribution is 7.13. The van der Waals surface area contributed by atoms with E-state index in [1.165, 1.54) is 35.3 Å². The van der Waals surface area contributed by atoms with Crippen LogP contribution >= 0.6 is 11.3 Å². The fraction of sp³-hybridized carbons (Fsp3) is 0.267. The Balaban J connectivity index is 2.05. The van der Waals surface area contributed by atoms with Gasteiger partial charge in [-0.1, -0.05) is 18.2 Å². The Morgan fingerprint density at radius 1 is 1.21 bits per heavy atom. The molecule has 3 rings (SSSR count). The van der Waals surface area contributed by atoms with Crippen LogP contribution in [0.3, 0.4) is 0 Å². The Hall–Kier alpha value is -1.81. The molecule has 4 heteroatoms. The van der Waals surface area contributed by atoms with E-state index < -0.39 is 5.97 Å². The molecular weight excluding hydrogens is 258 g/mol. The normalized spacial score (nSPS) is 14.1. The topological polar surface area (TPSA) is 63.3 Å². The highest BCUT2D eigenvalue weighted by atomic mass is 32.1. The van der Waals surface area contributed by atoms with Crippen LogP contribution in [0, 0.1) is 0 Å². The first-order chi connectivity index (χ1) is 9.16. The molecule has 0 saturated carbocycles. The molecule has 1 aromatic carbocycles. The lowest BCUT2D eigenvalue weighted by Crippen LogP contribution is -2.02.